The van der Waals surface area contributed by atoms with E-state index in [0.717, 1.165) is 70.3 Å². The number of anilines is 1. The van der Waals surface area contributed by atoms with Gasteiger partial charge in [0.1, 0.15) is 17.8 Å². The fourth-order valence-corrected chi connectivity index (χ4v) is 8.78. The normalized spacial score (nSPS) is 17.2. The largest absolute Gasteiger partial charge is 0.405 e. The topological polar surface area (TPSA) is 55.9 Å². The molecule has 3 heterocycles. The van der Waals surface area contributed by atoms with E-state index in [-0.39, 0.29) is 11.7 Å². The molecule has 0 aromatic heterocycles. The smallest absolute Gasteiger partial charge is 0.369 e. The third kappa shape index (κ3) is 6.98. The monoisotopic (exact) mass is 702 g/mol. The zero-order valence-electron chi connectivity index (χ0n) is 27.5. The Labute approximate surface area is 293 Å². The molecule has 0 atom stereocenters. The summed E-state index contributed by atoms with van der Waals surface area (Å²) in [7, 11) is 0. The summed E-state index contributed by atoms with van der Waals surface area (Å²) < 4.78 is 53.7. The molecule has 7 rings (SSSR count). The van der Waals surface area contributed by atoms with Crippen molar-refractivity contribution in [3.63, 3.8) is 0 Å². The van der Waals surface area contributed by atoms with Crippen molar-refractivity contribution in [1.29, 1.82) is 0 Å². The number of rotatable bonds is 9. The Morgan fingerprint density at radius 2 is 1.54 bits per heavy atom. The Morgan fingerprint density at radius 1 is 0.840 bits per heavy atom. The van der Waals surface area contributed by atoms with Crippen molar-refractivity contribution in [2.24, 2.45) is 0 Å². The van der Waals surface area contributed by atoms with Gasteiger partial charge >= 0.3 is 6.18 Å². The van der Waals surface area contributed by atoms with E-state index in [0.29, 0.717) is 38.0 Å². The quantitative estimate of drug-likeness (QED) is 0.190. The van der Waals surface area contributed by atoms with Gasteiger partial charge in [-0.15, -0.1) is 0 Å². The molecule has 260 valence electrons. The maximum absolute atomic E-state index is 13.9. The summed E-state index contributed by atoms with van der Waals surface area (Å²) in [6, 6.07) is 27.5. The van der Waals surface area contributed by atoms with Crippen LogP contribution in [-0.4, -0.2) is 73.6 Å². The van der Waals surface area contributed by atoms with Crippen molar-refractivity contribution in [2.45, 2.75) is 47.2 Å². The molecule has 0 unspecified atom stereocenters. The number of amides is 2. The Kier molecular flexibility index (Phi) is 9.63. The van der Waals surface area contributed by atoms with Gasteiger partial charge < -0.3 is 15.1 Å². The van der Waals surface area contributed by atoms with Crippen LogP contribution in [0.1, 0.15) is 45.5 Å². The van der Waals surface area contributed by atoms with Crippen LogP contribution in [0, 0.1) is 5.82 Å². The van der Waals surface area contributed by atoms with Gasteiger partial charge in [-0.25, -0.2) is 4.39 Å². The van der Waals surface area contributed by atoms with Gasteiger partial charge in [0, 0.05) is 60.3 Å². The molecule has 0 spiro atoms. The molecule has 0 aliphatic carbocycles. The van der Waals surface area contributed by atoms with E-state index in [9.17, 15) is 27.2 Å². The predicted octanol–water partition coefficient (Wildman–Crippen LogP) is 7.06. The Morgan fingerprint density at radius 3 is 2.22 bits per heavy atom. The molecule has 3 aliphatic heterocycles. The summed E-state index contributed by atoms with van der Waals surface area (Å²) in [6.07, 6.45) is -2.80. The number of benzene rings is 4. The summed E-state index contributed by atoms with van der Waals surface area (Å²) >= 11 is 1.54. The van der Waals surface area contributed by atoms with Crippen molar-refractivity contribution >= 4 is 29.3 Å². The number of hydrogen-bond donors (Lipinski definition) is 1. The molecule has 0 bridgehead atoms. The molecule has 1 saturated heterocycles. The van der Waals surface area contributed by atoms with E-state index in [2.05, 4.69) is 21.2 Å². The number of nitrogens with one attached hydrogen (secondary N) is 1. The number of nitrogens with zero attached hydrogens (tertiary/aromatic N) is 3. The minimum atomic E-state index is -4.52. The number of hydrogen-bond acceptors (Lipinski definition) is 5. The standard InChI is InChI=1S/C39H38F4N4O2S/c40-29-8-5-7-27(23-29)25-47-18-15-28-13-14-30(24-31(28)36(47)48)46-21-19-45(20-22-46)17-6-16-38(37(49)44-26-39(41,42)43)32-9-1-3-11-34(32)50-35-12-4-2-10-33(35)38/h1-5,7-14,23-24H,6,15-22,25-26H2,(H,44,49). The summed E-state index contributed by atoms with van der Waals surface area (Å²) in [4.78, 5) is 35.6. The van der Waals surface area contributed by atoms with E-state index in [4.69, 9.17) is 0 Å². The number of carbonyl (C=O) groups excluding carboxylic acids is 2. The second-order valence-corrected chi connectivity index (χ2v) is 14.3. The summed E-state index contributed by atoms with van der Waals surface area (Å²) in [5, 5.41) is 2.23. The molecule has 11 heteroatoms. The molecule has 0 radical (unpaired) electrons. The van der Waals surface area contributed by atoms with E-state index in [1.807, 2.05) is 66.7 Å². The van der Waals surface area contributed by atoms with Gasteiger partial charge in [0.25, 0.3) is 5.91 Å². The maximum atomic E-state index is 13.9. The van der Waals surface area contributed by atoms with Crippen molar-refractivity contribution < 1.29 is 27.2 Å². The van der Waals surface area contributed by atoms with Crippen LogP contribution in [0.5, 0.6) is 0 Å². The average molecular weight is 703 g/mol. The van der Waals surface area contributed by atoms with E-state index in [1.54, 1.807) is 11.0 Å². The molecule has 4 aromatic carbocycles. The van der Waals surface area contributed by atoms with E-state index < -0.39 is 24.0 Å². The Bertz CT molecular complexity index is 1850. The fourth-order valence-electron chi connectivity index (χ4n) is 7.55. The number of halogens is 4. The second-order valence-electron chi connectivity index (χ2n) is 13.2. The van der Waals surface area contributed by atoms with Crippen LogP contribution in [0.4, 0.5) is 23.2 Å². The average Bonchev–Trinajstić information content (AvgIpc) is 3.11. The molecule has 50 heavy (non-hydrogen) atoms. The van der Waals surface area contributed by atoms with Crippen molar-refractivity contribution in [1.82, 2.24) is 15.1 Å². The molecule has 3 aliphatic rings. The Balaban J connectivity index is 1.02. The first-order chi connectivity index (χ1) is 24.1. The summed E-state index contributed by atoms with van der Waals surface area (Å²) in [6.45, 7) is 3.30. The lowest BCUT2D eigenvalue weighted by Crippen LogP contribution is -2.50. The number of carbonyl (C=O) groups is 2. The lowest BCUT2D eigenvalue weighted by molar-refractivity contribution is -0.141. The molecule has 1 fully saturated rings. The van der Waals surface area contributed by atoms with Crippen LogP contribution in [-0.2, 0) is 23.2 Å². The number of alkyl halides is 3. The first-order valence-corrected chi connectivity index (χ1v) is 17.8. The van der Waals surface area contributed by atoms with Crippen LogP contribution >= 0.6 is 11.8 Å². The Hall–Kier alpha value is -4.35. The SMILES string of the molecule is O=C1c2cc(N3CCN(CCCC4(C(=O)NCC(F)(F)F)c5ccccc5Sc5ccccc54)CC3)ccc2CCN1Cc1cccc(F)c1. The lowest BCUT2D eigenvalue weighted by Gasteiger charge is -2.40. The molecule has 2 amide bonds. The zero-order valence-corrected chi connectivity index (χ0v) is 28.3. The van der Waals surface area contributed by atoms with Crippen molar-refractivity contribution in [2.75, 3.05) is 50.7 Å². The molecule has 4 aromatic rings. The van der Waals surface area contributed by atoms with Gasteiger partial charge in [0.05, 0.1) is 0 Å². The van der Waals surface area contributed by atoms with Gasteiger partial charge in [-0.3, -0.25) is 14.5 Å². The second kappa shape index (κ2) is 14.1. The fraction of sp³-hybridized carbons (Fsp3) is 0.333. The molecular formula is C39H38F4N4O2S. The third-order valence-corrected chi connectivity index (χ3v) is 11.2. The molecule has 0 saturated carbocycles. The minimum absolute atomic E-state index is 0.0477. The molecule has 6 nitrogen and oxygen atoms in total. The predicted molar refractivity (Wildman–Crippen MR) is 186 cm³/mol. The van der Waals surface area contributed by atoms with Gasteiger partial charge in [0.15, 0.2) is 0 Å². The minimum Gasteiger partial charge on any atom is -0.369 e. The highest BCUT2D eigenvalue weighted by molar-refractivity contribution is 7.99. The van der Waals surface area contributed by atoms with Crippen LogP contribution < -0.4 is 10.2 Å². The first kappa shape index (κ1) is 34.1. The third-order valence-electron chi connectivity index (χ3n) is 10.0. The number of fused-ring (bicyclic) bond motifs is 3. The van der Waals surface area contributed by atoms with Crippen molar-refractivity contribution in [3.05, 3.63) is 125 Å². The first-order valence-electron chi connectivity index (χ1n) is 17.0. The highest BCUT2D eigenvalue weighted by atomic mass is 32.2. The zero-order chi connectivity index (χ0) is 34.9. The van der Waals surface area contributed by atoms with Crippen LogP contribution in [0.3, 0.4) is 0 Å². The van der Waals surface area contributed by atoms with Gasteiger partial charge in [0.2, 0.25) is 5.91 Å². The highest BCUT2D eigenvalue weighted by Crippen LogP contribution is 2.51. The summed E-state index contributed by atoms with van der Waals surface area (Å²) in [5.41, 5.74) is 3.69. The molecular weight excluding hydrogens is 665 g/mol. The lowest BCUT2D eigenvalue weighted by atomic mass is 9.70. The van der Waals surface area contributed by atoms with Crippen molar-refractivity contribution in [3.8, 4) is 0 Å². The van der Waals surface area contributed by atoms with Gasteiger partial charge in [-0.2, -0.15) is 13.2 Å². The highest BCUT2D eigenvalue weighted by Gasteiger charge is 2.47. The van der Waals surface area contributed by atoms with Crippen LogP contribution in [0.25, 0.3) is 0 Å². The van der Waals surface area contributed by atoms with Crippen LogP contribution in [0.15, 0.2) is 101 Å². The number of piperazine rings is 1. The van der Waals surface area contributed by atoms with E-state index in [1.165, 1.54) is 23.9 Å². The van der Waals surface area contributed by atoms with Gasteiger partial charge in [-0.05, 0) is 84.5 Å². The maximum Gasteiger partial charge on any atom is 0.405 e. The van der Waals surface area contributed by atoms with Crippen LogP contribution in [0.2, 0.25) is 0 Å². The summed E-state index contributed by atoms with van der Waals surface area (Å²) in [5.74, 6) is -0.992. The van der Waals surface area contributed by atoms with Gasteiger partial charge in [-0.1, -0.05) is 66.4 Å². The van der Waals surface area contributed by atoms with E-state index >= 15 is 0 Å². The molecule has 1 N–H and O–H groups in total.